The first-order valence-corrected chi connectivity index (χ1v) is 15.1. The Morgan fingerprint density at radius 1 is 0.957 bits per heavy atom. The van der Waals surface area contributed by atoms with Crippen LogP contribution in [0.3, 0.4) is 0 Å². The first-order valence-electron chi connectivity index (χ1n) is 14.2. The first-order chi connectivity index (χ1) is 22.6. The van der Waals surface area contributed by atoms with E-state index in [0.717, 1.165) is 39.2 Å². The molecule has 0 atom stereocenters. The Hall–Kier alpha value is -5.82. The maximum atomic E-state index is 12.5. The summed E-state index contributed by atoms with van der Waals surface area (Å²) in [4.78, 5) is 15.1. The van der Waals surface area contributed by atoms with Crippen LogP contribution in [0, 0.1) is 13.8 Å². The number of aromatic nitrogens is 4. The van der Waals surface area contributed by atoms with E-state index >= 15 is 0 Å². The minimum Gasteiger partial charge on any atom is -0.478 e. The Kier molecular flexibility index (Phi) is 8.55. The van der Waals surface area contributed by atoms with Crippen molar-refractivity contribution in [1.82, 2.24) is 14.6 Å². The highest BCUT2D eigenvalue weighted by Crippen LogP contribution is 2.28. The van der Waals surface area contributed by atoms with Gasteiger partial charge in [0.1, 0.15) is 5.75 Å². The number of halogens is 3. The molecule has 0 fully saturated rings. The highest BCUT2D eigenvalue weighted by atomic mass is 32.1. The molecular weight excluding hydrogens is 629 g/mol. The number of thiazole rings is 1. The van der Waals surface area contributed by atoms with Crippen molar-refractivity contribution in [3.05, 3.63) is 130 Å². The average Bonchev–Trinajstić information content (AvgIpc) is 3.69. The van der Waals surface area contributed by atoms with Gasteiger partial charge in [-0.3, -0.25) is 4.57 Å². The Balaban J connectivity index is 1.24. The predicted molar refractivity (Wildman–Crippen MR) is 171 cm³/mol. The van der Waals surface area contributed by atoms with Gasteiger partial charge < -0.3 is 9.84 Å². The molecule has 47 heavy (non-hydrogen) atoms. The number of rotatable bonds is 8. The second kappa shape index (κ2) is 12.9. The fraction of sp³-hybridized carbons (Fsp3) is 0.0882. The number of carboxylic acid groups (broad SMARTS) is 1. The number of nitrogens with zero attached hydrogens (tertiary/aromatic N) is 5. The normalized spacial score (nSPS) is 12.1. The zero-order valence-electron chi connectivity index (χ0n) is 24.9. The van der Waals surface area contributed by atoms with Crippen LogP contribution in [0.1, 0.15) is 27.0 Å². The molecule has 0 aliphatic rings. The monoisotopic (exact) mass is 655 g/mol. The number of carboxylic acids is 1. The molecule has 2 aromatic heterocycles. The lowest BCUT2D eigenvalue weighted by Gasteiger charge is -2.14. The Bertz CT molecular complexity index is 2130. The van der Waals surface area contributed by atoms with E-state index in [1.165, 1.54) is 40.3 Å². The van der Waals surface area contributed by atoms with Gasteiger partial charge in [-0.1, -0.05) is 42.5 Å². The van der Waals surface area contributed by atoms with E-state index in [1.54, 1.807) is 36.8 Å². The zero-order valence-corrected chi connectivity index (χ0v) is 25.8. The van der Waals surface area contributed by atoms with Crippen LogP contribution in [-0.2, 0) is 0 Å². The SMILES string of the molecule is Cc1cccc(C)c1-n1c(-c2ccc(C(=O)O)cc2)csc1=NN=Cc1ccc(-c2n[n+](-c3ccc(OC(F)(F)F)cc3)c[nH]2)cc1. The van der Waals surface area contributed by atoms with Crippen molar-refractivity contribution in [3.63, 3.8) is 0 Å². The van der Waals surface area contributed by atoms with Crippen LogP contribution in [0.4, 0.5) is 13.2 Å². The van der Waals surface area contributed by atoms with E-state index in [-0.39, 0.29) is 11.3 Å². The van der Waals surface area contributed by atoms with E-state index in [9.17, 15) is 23.1 Å². The highest BCUT2D eigenvalue weighted by Gasteiger charge is 2.31. The van der Waals surface area contributed by atoms with Gasteiger partial charge >= 0.3 is 12.3 Å². The quantitative estimate of drug-likeness (QED) is 0.104. The summed E-state index contributed by atoms with van der Waals surface area (Å²) in [6.07, 6.45) is -1.51. The maximum Gasteiger partial charge on any atom is 0.573 e. The number of carbonyl (C=O) groups is 1. The van der Waals surface area contributed by atoms with Crippen molar-refractivity contribution in [2.24, 2.45) is 10.2 Å². The van der Waals surface area contributed by atoms with Gasteiger partial charge in [0.05, 0.1) is 23.2 Å². The van der Waals surface area contributed by atoms with E-state index in [2.05, 4.69) is 25.0 Å². The highest BCUT2D eigenvalue weighted by molar-refractivity contribution is 7.07. The lowest BCUT2D eigenvalue weighted by molar-refractivity contribution is -0.656. The molecule has 0 aliphatic carbocycles. The number of aryl methyl sites for hydroxylation is 2. The van der Waals surface area contributed by atoms with E-state index in [1.807, 2.05) is 66.3 Å². The molecule has 0 amide bonds. The molecule has 0 saturated carbocycles. The van der Waals surface area contributed by atoms with Gasteiger partial charge in [0.15, 0.2) is 5.69 Å². The summed E-state index contributed by atoms with van der Waals surface area (Å²) in [5.41, 5.74) is 7.16. The zero-order chi connectivity index (χ0) is 33.1. The smallest absolute Gasteiger partial charge is 0.478 e. The number of alkyl halides is 3. The lowest BCUT2D eigenvalue weighted by Crippen LogP contribution is -2.31. The fourth-order valence-electron chi connectivity index (χ4n) is 4.97. The number of aromatic amines is 1. The minimum atomic E-state index is -4.76. The summed E-state index contributed by atoms with van der Waals surface area (Å²) in [6.45, 7) is 4.06. The van der Waals surface area contributed by atoms with E-state index < -0.39 is 12.3 Å². The molecule has 2 N–H and O–H groups in total. The van der Waals surface area contributed by atoms with Gasteiger partial charge in [-0.25, -0.2) is 9.78 Å². The summed E-state index contributed by atoms with van der Waals surface area (Å²) in [5.74, 6) is -0.734. The summed E-state index contributed by atoms with van der Waals surface area (Å²) in [5, 5.41) is 24.7. The second-order valence-electron chi connectivity index (χ2n) is 10.4. The Morgan fingerprint density at radius 2 is 1.62 bits per heavy atom. The number of H-pyrrole nitrogens is 1. The van der Waals surface area contributed by atoms with Gasteiger partial charge in [-0.15, -0.1) is 34.3 Å². The maximum absolute atomic E-state index is 12.5. The molecule has 0 unspecified atom stereocenters. The van der Waals surface area contributed by atoms with Crippen molar-refractivity contribution >= 4 is 23.5 Å². The number of nitrogens with one attached hydrogen (secondary N) is 1. The van der Waals surface area contributed by atoms with Crippen molar-refractivity contribution in [2.45, 2.75) is 20.2 Å². The molecule has 0 bridgehead atoms. The van der Waals surface area contributed by atoms with Crippen molar-refractivity contribution in [2.75, 3.05) is 0 Å². The molecule has 4 aromatic carbocycles. The van der Waals surface area contributed by atoms with Gasteiger partial charge in [0.25, 0.3) is 12.2 Å². The standard InChI is InChI=1S/C34H25F3N6O3S/c1-21-4-3-5-22(2)30(21)43-29(24-10-12-26(13-11-24)32(44)45)19-47-33(43)40-39-18-23-6-8-25(9-7-23)31-38-20-42(41-31)27-14-16-28(17-15-27)46-34(35,36)37/h3-20H,1-2H3,(H,44,45)/p+1. The topological polar surface area (TPSA) is 109 Å². The molecule has 13 heteroatoms. The van der Waals surface area contributed by atoms with Gasteiger partial charge in [0.2, 0.25) is 4.80 Å². The van der Waals surface area contributed by atoms with E-state index in [4.69, 9.17) is 0 Å². The van der Waals surface area contributed by atoms with Crippen molar-refractivity contribution in [3.8, 4) is 39.8 Å². The molecular formula is C34H26F3N6O3S+. The summed E-state index contributed by atoms with van der Waals surface area (Å²) < 4.78 is 44.8. The van der Waals surface area contributed by atoms with Crippen molar-refractivity contribution < 1.29 is 32.5 Å². The van der Waals surface area contributed by atoms with Crippen LogP contribution >= 0.6 is 11.3 Å². The molecule has 0 saturated heterocycles. The molecule has 0 radical (unpaired) electrons. The summed E-state index contributed by atoms with van der Waals surface area (Å²) in [7, 11) is 0. The summed E-state index contributed by atoms with van der Waals surface area (Å²) in [6, 6.07) is 25.7. The second-order valence-corrected chi connectivity index (χ2v) is 11.3. The van der Waals surface area contributed by atoms with Crippen LogP contribution in [0.2, 0.25) is 0 Å². The minimum absolute atomic E-state index is 0.211. The van der Waals surface area contributed by atoms with E-state index in [0.29, 0.717) is 16.3 Å². The third kappa shape index (κ3) is 7.05. The Morgan fingerprint density at radius 3 is 2.26 bits per heavy atom. The molecule has 0 spiro atoms. The fourth-order valence-corrected chi connectivity index (χ4v) is 5.82. The van der Waals surface area contributed by atoms with Gasteiger partial charge in [-0.2, -0.15) is 5.10 Å². The first kappa shape index (κ1) is 31.2. The number of hydrogen-bond acceptors (Lipinski definition) is 6. The Labute approximate surface area is 270 Å². The third-order valence-electron chi connectivity index (χ3n) is 7.20. The van der Waals surface area contributed by atoms with Gasteiger partial charge in [-0.05, 0) is 89.7 Å². The number of ether oxygens (including phenoxy) is 1. The molecule has 2 heterocycles. The average molecular weight is 656 g/mol. The van der Waals surface area contributed by atoms with Crippen LogP contribution < -0.4 is 14.2 Å². The molecule has 6 rings (SSSR count). The molecule has 0 aliphatic heterocycles. The number of aromatic carboxylic acids is 1. The van der Waals surface area contributed by atoms with Crippen LogP contribution in [-0.4, -0.2) is 38.3 Å². The summed E-state index contributed by atoms with van der Waals surface area (Å²) >= 11 is 1.43. The number of benzene rings is 4. The number of para-hydroxylation sites is 1. The van der Waals surface area contributed by atoms with Crippen LogP contribution in [0.25, 0.3) is 34.0 Å². The van der Waals surface area contributed by atoms with Gasteiger partial charge in [0, 0.05) is 10.9 Å². The third-order valence-corrected chi connectivity index (χ3v) is 8.02. The predicted octanol–water partition coefficient (Wildman–Crippen LogP) is 7.02. The molecule has 9 nitrogen and oxygen atoms in total. The largest absolute Gasteiger partial charge is 0.573 e. The van der Waals surface area contributed by atoms with Crippen LogP contribution in [0.15, 0.2) is 113 Å². The number of hydrogen-bond donors (Lipinski definition) is 2. The lowest BCUT2D eigenvalue weighted by atomic mass is 10.1. The van der Waals surface area contributed by atoms with Crippen molar-refractivity contribution in [1.29, 1.82) is 0 Å². The molecule has 236 valence electrons. The molecule has 6 aromatic rings. The van der Waals surface area contributed by atoms with Crippen LogP contribution in [0.5, 0.6) is 5.75 Å².